The Bertz CT molecular complexity index is 580. The molecule has 2 N–H and O–H groups in total. The van der Waals surface area contributed by atoms with E-state index >= 15 is 0 Å². The number of carboxylic acids is 1. The highest BCUT2D eigenvalue weighted by atomic mass is 32.2. The first-order valence-corrected chi connectivity index (χ1v) is 6.44. The van der Waals surface area contributed by atoms with Gasteiger partial charge in [0.05, 0.1) is 11.9 Å². The predicted octanol–water partition coefficient (Wildman–Crippen LogP) is 0.818. The lowest BCUT2D eigenvalue weighted by atomic mass is 10.2. The van der Waals surface area contributed by atoms with E-state index in [9.17, 15) is 22.0 Å². The van der Waals surface area contributed by atoms with Crippen molar-refractivity contribution in [2.45, 2.75) is 17.9 Å². The molecular weight excluding hydrogens is 270 g/mol. The largest absolute Gasteiger partial charge is 0.477 e. The molecule has 0 saturated carbocycles. The van der Waals surface area contributed by atoms with Crippen molar-refractivity contribution in [1.29, 1.82) is 0 Å². The predicted molar refractivity (Wildman–Crippen MR) is 57.1 cm³/mol. The fourth-order valence-electron chi connectivity index (χ4n) is 1.38. The third-order valence-corrected chi connectivity index (χ3v) is 3.97. The minimum absolute atomic E-state index is 0.557. The molecule has 0 saturated heterocycles. The smallest absolute Gasteiger partial charge is 0.341 e. The lowest BCUT2D eigenvalue weighted by Gasteiger charge is -2.09. The SMILES string of the molecule is CC(O)CS(=O)(=O)c1ccc(F)c(C(=O)O)c1F. The normalized spacial score (nSPS) is 13.3. The maximum Gasteiger partial charge on any atom is 0.341 e. The van der Waals surface area contributed by atoms with Crippen LogP contribution < -0.4 is 0 Å². The fraction of sp³-hybridized carbons (Fsp3) is 0.300. The molecule has 1 atom stereocenters. The van der Waals surface area contributed by atoms with Crippen LogP contribution in [0, 0.1) is 11.6 Å². The van der Waals surface area contributed by atoms with Crippen molar-refractivity contribution in [3.05, 3.63) is 29.3 Å². The van der Waals surface area contributed by atoms with Crippen LogP contribution in [0.1, 0.15) is 17.3 Å². The molecule has 8 heteroatoms. The Morgan fingerprint density at radius 3 is 2.39 bits per heavy atom. The van der Waals surface area contributed by atoms with E-state index in [2.05, 4.69) is 0 Å². The fourth-order valence-corrected chi connectivity index (χ4v) is 2.84. The molecule has 100 valence electrons. The summed E-state index contributed by atoms with van der Waals surface area (Å²) in [6.07, 6.45) is -1.26. The Kier molecular flexibility index (Phi) is 4.02. The second-order valence-corrected chi connectivity index (χ2v) is 5.67. The van der Waals surface area contributed by atoms with Gasteiger partial charge in [-0.3, -0.25) is 0 Å². The van der Waals surface area contributed by atoms with Crippen molar-refractivity contribution in [2.24, 2.45) is 0 Å². The Hall–Kier alpha value is -1.54. The van der Waals surface area contributed by atoms with Gasteiger partial charge in [-0.15, -0.1) is 0 Å². The van der Waals surface area contributed by atoms with Gasteiger partial charge in [-0.2, -0.15) is 0 Å². The standard InChI is InChI=1S/C10H10F2O5S/c1-5(13)4-18(16,17)7-3-2-6(11)8(9(7)12)10(14)15/h2-3,5,13H,4H2,1H3,(H,14,15). The molecule has 0 bridgehead atoms. The zero-order valence-electron chi connectivity index (χ0n) is 9.22. The summed E-state index contributed by atoms with van der Waals surface area (Å²) >= 11 is 0. The Morgan fingerprint density at radius 1 is 1.39 bits per heavy atom. The van der Waals surface area contributed by atoms with Crippen LogP contribution in [0.3, 0.4) is 0 Å². The zero-order chi connectivity index (χ0) is 14.1. The third-order valence-electron chi connectivity index (χ3n) is 2.07. The van der Waals surface area contributed by atoms with Crippen molar-refractivity contribution >= 4 is 15.8 Å². The van der Waals surface area contributed by atoms with E-state index in [1.165, 1.54) is 6.92 Å². The summed E-state index contributed by atoms with van der Waals surface area (Å²) < 4.78 is 50.0. The van der Waals surface area contributed by atoms with Crippen LogP contribution in [-0.2, 0) is 9.84 Å². The lowest BCUT2D eigenvalue weighted by molar-refractivity contribution is 0.0685. The Balaban J connectivity index is 3.45. The van der Waals surface area contributed by atoms with Crippen LogP contribution in [0.15, 0.2) is 17.0 Å². The zero-order valence-corrected chi connectivity index (χ0v) is 10.0. The average molecular weight is 280 g/mol. The highest BCUT2D eigenvalue weighted by Crippen LogP contribution is 2.22. The molecule has 18 heavy (non-hydrogen) atoms. The van der Waals surface area contributed by atoms with Gasteiger partial charge >= 0.3 is 5.97 Å². The van der Waals surface area contributed by atoms with Crippen molar-refractivity contribution in [1.82, 2.24) is 0 Å². The molecule has 1 aromatic rings. The maximum absolute atomic E-state index is 13.6. The highest BCUT2D eigenvalue weighted by molar-refractivity contribution is 7.91. The molecule has 0 spiro atoms. The number of carboxylic acid groups (broad SMARTS) is 1. The second kappa shape index (κ2) is 4.99. The molecule has 5 nitrogen and oxygen atoms in total. The first-order valence-electron chi connectivity index (χ1n) is 4.79. The first kappa shape index (κ1) is 14.5. The molecular formula is C10H10F2O5S. The van der Waals surface area contributed by atoms with Crippen LogP contribution in [0.25, 0.3) is 0 Å². The van der Waals surface area contributed by atoms with Gasteiger partial charge in [0, 0.05) is 0 Å². The summed E-state index contributed by atoms with van der Waals surface area (Å²) in [7, 11) is -4.22. The van der Waals surface area contributed by atoms with Gasteiger partial charge < -0.3 is 10.2 Å². The molecule has 0 aliphatic carbocycles. The number of rotatable bonds is 4. The van der Waals surface area contributed by atoms with Gasteiger partial charge in [0.2, 0.25) is 0 Å². The van der Waals surface area contributed by atoms with Gasteiger partial charge in [0.1, 0.15) is 16.3 Å². The molecule has 0 aliphatic rings. The molecule has 0 heterocycles. The molecule has 0 aliphatic heterocycles. The summed E-state index contributed by atoms with van der Waals surface area (Å²) in [5, 5.41) is 17.6. The topological polar surface area (TPSA) is 91.7 Å². The van der Waals surface area contributed by atoms with Gasteiger partial charge in [0.15, 0.2) is 15.7 Å². The number of sulfone groups is 1. The van der Waals surface area contributed by atoms with Crippen molar-refractivity contribution in [3.63, 3.8) is 0 Å². The number of aliphatic hydroxyl groups is 1. The average Bonchev–Trinajstić information content (AvgIpc) is 2.13. The summed E-state index contributed by atoms with van der Waals surface area (Å²) in [6.45, 7) is 1.18. The van der Waals surface area contributed by atoms with Crippen LogP contribution in [0.5, 0.6) is 0 Å². The molecule has 1 aromatic carbocycles. The summed E-state index contributed by atoms with van der Waals surface area (Å²) in [5.74, 6) is -5.72. The molecule has 0 radical (unpaired) electrons. The third kappa shape index (κ3) is 2.82. The maximum atomic E-state index is 13.6. The summed E-state index contributed by atoms with van der Waals surface area (Å²) in [6, 6.07) is 1.19. The minimum Gasteiger partial charge on any atom is -0.477 e. The van der Waals surface area contributed by atoms with Crippen molar-refractivity contribution in [2.75, 3.05) is 5.75 Å². The number of aliphatic hydroxyl groups excluding tert-OH is 1. The second-order valence-electron chi connectivity index (χ2n) is 3.67. The Morgan fingerprint density at radius 2 is 1.94 bits per heavy atom. The molecule has 1 unspecified atom stereocenters. The van der Waals surface area contributed by atoms with Crippen molar-refractivity contribution < 1.29 is 32.2 Å². The monoisotopic (exact) mass is 280 g/mol. The van der Waals surface area contributed by atoms with E-state index < -0.39 is 49.8 Å². The molecule has 0 fully saturated rings. The minimum atomic E-state index is -4.22. The van der Waals surface area contributed by atoms with Gasteiger partial charge in [-0.1, -0.05) is 0 Å². The van der Waals surface area contributed by atoms with Crippen LogP contribution in [-0.4, -0.2) is 36.5 Å². The number of benzene rings is 1. The van der Waals surface area contributed by atoms with E-state index in [0.717, 1.165) is 0 Å². The number of aromatic carboxylic acids is 1. The number of halogens is 2. The van der Waals surface area contributed by atoms with E-state index in [1.54, 1.807) is 0 Å². The lowest BCUT2D eigenvalue weighted by Crippen LogP contribution is -2.20. The first-order chi connectivity index (χ1) is 8.16. The van der Waals surface area contributed by atoms with Gasteiger partial charge in [-0.25, -0.2) is 22.0 Å². The summed E-state index contributed by atoms with van der Waals surface area (Å²) in [4.78, 5) is 9.68. The van der Waals surface area contributed by atoms with Gasteiger partial charge in [0.25, 0.3) is 0 Å². The van der Waals surface area contributed by atoms with E-state index in [0.29, 0.717) is 12.1 Å². The number of hydrogen-bond donors (Lipinski definition) is 2. The van der Waals surface area contributed by atoms with Crippen molar-refractivity contribution in [3.8, 4) is 0 Å². The van der Waals surface area contributed by atoms with E-state index in [4.69, 9.17) is 10.2 Å². The van der Waals surface area contributed by atoms with Crippen LogP contribution in [0.4, 0.5) is 8.78 Å². The van der Waals surface area contributed by atoms with E-state index in [1.807, 2.05) is 0 Å². The highest BCUT2D eigenvalue weighted by Gasteiger charge is 2.27. The number of carbonyl (C=O) groups is 1. The Labute approximate surface area is 102 Å². The van der Waals surface area contributed by atoms with Gasteiger partial charge in [-0.05, 0) is 19.1 Å². The van der Waals surface area contributed by atoms with Crippen LogP contribution in [0.2, 0.25) is 0 Å². The summed E-state index contributed by atoms with van der Waals surface area (Å²) in [5.41, 5.74) is -1.33. The van der Waals surface area contributed by atoms with Crippen LogP contribution >= 0.6 is 0 Å². The molecule has 0 amide bonds. The quantitative estimate of drug-likeness (QED) is 0.797. The van der Waals surface area contributed by atoms with E-state index in [-0.39, 0.29) is 0 Å². The molecule has 1 rings (SSSR count). The number of hydrogen-bond acceptors (Lipinski definition) is 4. The molecule has 0 aromatic heterocycles.